The Morgan fingerprint density at radius 2 is 1.35 bits per heavy atom. The average molecular weight is 357 g/mol. The van der Waals surface area contributed by atoms with Crippen molar-refractivity contribution in [1.82, 2.24) is 0 Å². The highest BCUT2D eigenvalue weighted by atomic mass is 16.6. The minimum atomic E-state index is -1.63. The molecule has 0 saturated heterocycles. The minimum Gasteiger partial charge on any atom is -0.478 e. The number of carbonyl (C=O) groups excluding carboxylic acids is 2. The average Bonchev–Trinajstić information content (AvgIpc) is 2.85. The lowest BCUT2D eigenvalue weighted by molar-refractivity contribution is -0.392. The van der Waals surface area contributed by atoms with Gasteiger partial charge in [0.1, 0.15) is 0 Å². The summed E-state index contributed by atoms with van der Waals surface area (Å²) in [5.41, 5.74) is -3.80. The Morgan fingerprint density at radius 1 is 0.923 bits per heavy atom. The quantitative estimate of drug-likeness (QED) is 0.493. The van der Waals surface area contributed by atoms with Gasteiger partial charge in [0.05, 0.1) is 26.5 Å². The molecule has 11 nitrogen and oxygen atoms in total. The van der Waals surface area contributed by atoms with Crippen molar-refractivity contribution in [3.63, 3.8) is 0 Å². The molecule has 26 heavy (non-hydrogen) atoms. The number of aromatic carboxylic acids is 1. The first kappa shape index (κ1) is 16.7. The largest absolute Gasteiger partial charge is 0.478 e. The van der Waals surface area contributed by atoms with E-state index in [0.29, 0.717) is 17.0 Å². The van der Waals surface area contributed by atoms with Crippen molar-refractivity contribution in [2.45, 2.75) is 0 Å². The number of carboxylic acids is 1. The third-order valence-electron chi connectivity index (χ3n) is 3.73. The van der Waals surface area contributed by atoms with Crippen LogP contribution in [0.4, 0.5) is 17.1 Å². The van der Waals surface area contributed by atoms with Crippen molar-refractivity contribution >= 4 is 34.8 Å². The zero-order valence-corrected chi connectivity index (χ0v) is 12.6. The molecule has 0 spiro atoms. The van der Waals surface area contributed by atoms with Crippen molar-refractivity contribution in [1.29, 1.82) is 0 Å². The molecule has 0 saturated carbocycles. The van der Waals surface area contributed by atoms with Gasteiger partial charge in [0.15, 0.2) is 0 Å². The number of carboxylic acid groups (broad SMARTS) is 1. The number of amides is 2. The highest BCUT2D eigenvalue weighted by molar-refractivity contribution is 6.35. The smallest absolute Gasteiger partial charge is 0.336 e. The van der Waals surface area contributed by atoms with Gasteiger partial charge >= 0.3 is 17.3 Å². The lowest BCUT2D eigenvalue weighted by atomic mass is 10.1. The van der Waals surface area contributed by atoms with Gasteiger partial charge in [0, 0.05) is 12.1 Å². The highest BCUT2D eigenvalue weighted by Gasteiger charge is 2.44. The number of carbonyl (C=O) groups is 3. The van der Waals surface area contributed by atoms with E-state index in [1.165, 1.54) is 24.3 Å². The number of hydrogen-bond donors (Lipinski definition) is 1. The molecule has 11 heteroatoms. The number of nitro benzene ring substituents is 2. The third kappa shape index (κ3) is 2.34. The maximum Gasteiger partial charge on any atom is 0.336 e. The van der Waals surface area contributed by atoms with Crippen LogP contribution in [0.25, 0.3) is 0 Å². The fourth-order valence-corrected chi connectivity index (χ4v) is 2.63. The summed E-state index contributed by atoms with van der Waals surface area (Å²) < 4.78 is 0. The van der Waals surface area contributed by atoms with E-state index >= 15 is 0 Å². The summed E-state index contributed by atoms with van der Waals surface area (Å²) in [4.78, 5) is 57.0. The number of hydrogen-bond acceptors (Lipinski definition) is 7. The summed E-state index contributed by atoms with van der Waals surface area (Å²) in [6, 6.07) is 6.66. The molecule has 1 N–H and O–H groups in total. The van der Waals surface area contributed by atoms with Gasteiger partial charge in [-0.25, -0.2) is 9.69 Å². The minimum absolute atomic E-state index is 0.0663. The predicted molar refractivity (Wildman–Crippen MR) is 84.3 cm³/mol. The van der Waals surface area contributed by atoms with Gasteiger partial charge in [0.25, 0.3) is 11.8 Å². The van der Waals surface area contributed by atoms with E-state index in [4.69, 9.17) is 5.11 Å². The molecular formula is C15H7N3O8. The molecule has 0 unspecified atom stereocenters. The van der Waals surface area contributed by atoms with E-state index in [9.17, 15) is 34.6 Å². The molecule has 0 fully saturated rings. The van der Waals surface area contributed by atoms with Gasteiger partial charge in [-0.2, -0.15) is 0 Å². The molecule has 1 aliphatic heterocycles. The van der Waals surface area contributed by atoms with Crippen LogP contribution in [-0.2, 0) is 0 Å². The molecule has 0 aromatic heterocycles. The Kier molecular flexibility index (Phi) is 3.68. The number of fused-ring (bicyclic) bond motifs is 1. The molecule has 1 heterocycles. The third-order valence-corrected chi connectivity index (χ3v) is 3.73. The Balaban J connectivity index is 2.33. The van der Waals surface area contributed by atoms with Crippen LogP contribution < -0.4 is 4.90 Å². The SMILES string of the molecule is O=C(O)c1cc([N+](=O)[O-])c(N2C(=O)c3ccccc3C2=O)c([N+](=O)[O-])c1. The summed E-state index contributed by atoms with van der Waals surface area (Å²) in [5.74, 6) is -3.58. The van der Waals surface area contributed by atoms with Crippen molar-refractivity contribution < 1.29 is 29.3 Å². The first-order valence-electron chi connectivity index (χ1n) is 6.92. The highest BCUT2D eigenvalue weighted by Crippen LogP contribution is 2.42. The second kappa shape index (κ2) is 5.73. The second-order valence-corrected chi connectivity index (χ2v) is 5.17. The van der Waals surface area contributed by atoms with Crippen LogP contribution >= 0.6 is 0 Å². The first-order valence-corrected chi connectivity index (χ1v) is 6.92. The standard InChI is InChI=1S/C15H7N3O8/c19-13-8-3-1-2-4-9(8)14(20)16(13)12-10(17(23)24)5-7(15(21)22)6-11(12)18(25)26/h1-6H,(H,21,22). The summed E-state index contributed by atoms with van der Waals surface area (Å²) in [7, 11) is 0. The first-order chi connectivity index (χ1) is 12.2. The van der Waals surface area contributed by atoms with Gasteiger partial charge < -0.3 is 5.11 Å². The zero-order chi connectivity index (χ0) is 19.2. The molecular weight excluding hydrogens is 350 g/mol. The molecule has 1 aliphatic rings. The number of nitro groups is 2. The van der Waals surface area contributed by atoms with Crippen LogP contribution in [0.5, 0.6) is 0 Å². The fraction of sp³-hybridized carbons (Fsp3) is 0. The lowest BCUT2D eigenvalue weighted by Gasteiger charge is -2.14. The maximum atomic E-state index is 12.5. The second-order valence-electron chi connectivity index (χ2n) is 5.17. The number of anilines is 1. The number of nitrogens with zero attached hydrogens (tertiary/aromatic N) is 3. The molecule has 0 radical (unpaired) electrons. The van der Waals surface area contributed by atoms with E-state index in [1.54, 1.807) is 0 Å². The molecule has 2 aromatic rings. The van der Waals surface area contributed by atoms with Gasteiger partial charge in [0.2, 0.25) is 5.69 Å². The normalized spacial score (nSPS) is 12.8. The van der Waals surface area contributed by atoms with Gasteiger partial charge in [-0.1, -0.05) is 12.1 Å². The van der Waals surface area contributed by atoms with Crippen LogP contribution in [0.2, 0.25) is 0 Å². The van der Waals surface area contributed by atoms with E-state index in [1.807, 2.05) is 0 Å². The van der Waals surface area contributed by atoms with Crippen LogP contribution in [0, 0.1) is 20.2 Å². The number of imide groups is 1. The topological polar surface area (TPSA) is 161 Å². The van der Waals surface area contributed by atoms with E-state index in [0.717, 1.165) is 0 Å². The van der Waals surface area contributed by atoms with Crippen LogP contribution in [0.1, 0.15) is 31.1 Å². The maximum absolute atomic E-state index is 12.5. The fourth-order valence-electron chi connectivity index (χ4n) is 2.63. The van der Waals surface area contributed by atoms with Gasteiger partial charge in [-0.3, -0.25) is 29.8 Å². The molecule has 0 atom stereocenters. The Morgan fingerprint density at radius 3 is 1.69 bits per heavy atom. The molecule has 130 valence electrons. The lowest BCUT2D eigenvalue weighted by Crippen LogP contribution is -2.31. The molecule has 3 rings (SSSR count). The summed E-state index contributed by atoms with van der Waals surface area (Å²) in [6.45, 7) is 0. The van der Waals surface area contributed by atoms with Gasteiger partial charge in [-0.05, 0) is 12.1 Å². The molecule has 2 amide bonds. The van der Waals surface area contributed by atoms with Crippen LogP contribution in [0.3, 0.4) is 0 Å². The van der Waals surface area contributed by atoms with E-state index in [2.05, 4.69) is 0 Å². The Hall–Kier alpha value is -4.15. The molecule has 0 aliphatic carbocycles. The summed E-state index contributed by atoms with van der Waals surface area (Å²) >= 11 is 0. The molecule has 0 bridgehead atoms. The Bertz CT molecular complexity index is 959. The van der Waals surface area contributed by atoms with Crippen molar-refractivity contribution in [3.8, 4) is 0 Å². The van der Waals surface area contributed by atoms with E-state index < -0.39 is 50.3 Å². The van der Waals surface area contributed by atoms with Gasteiger partial charge in [-0.15, -0.1) is 0 Å². The van der Waals surface area contributed by atoms with E-state index in [-0.39, 0.29) is 11.1 Å². The number of rotatable bonds is 4. The zero-order valence-electron chi connectivity index (χ0n) is 12.6. The number of benzene rings is 2. The molecule has 2 aromatic carbocycles. The Labute approximate surface area is 143 Å². The predicted octanol–water partition coefficient (Wildman–Crippen LogP) is 2.00. The van der Waals surface area contributed by atoms with Crippen molar-refractivity contribution in [3.05, 3.63) is 73.3 Å². The summed E-state index contributed by atoms with van der Waals surface area (Å²) in [5, 5.41) is 31.7. The summed E-state index contributed by atoms with van der Waals surface area (Å²) in [6.07, 6.45) is 0. The van der Waals surface area contributed by atoms with Crippen molar-refractivity contribution in [2.75, 3.05) is 4.90 Å². The van der Waals surface area contributed by atoms with Crippen LogP contribution in [0.15, 0.2) is 36.4 Å². The monoisotopic (exact) mass is 357 g/mol. The van der Waals surface area contributed by atoms with Crippen LogP contribution in [-0.4, -0.2) is 32.7 Å². The van der Waals surface area contributed by atoms with Crippen molar-refractivity contribution in [2.24, 2.45) is 0 Å².